The summed E-state index contributed by atoms with van der Waals surface area (Å²) in [5.41, 5.74) is 2.02. The van der Waals surface area contributed by atoms with Crippen molar-refractivity contribution in [2.75, 3.05) is 7.11 Å². The van der Waals surface area contributed by atoms with Crippen LogP contribution in [0.4, 0.5) is 0 Å². The number of carbonyl (C=O) groups excluding carboxylic acids is 1. The number of ketones is 1. The molecule has 96 valence electrons. The van der Waals surface area contributed by atoms with E-state index < -0.39 is 0 Å². The van der Waals surface area contributed by atoms with Crippen molar-refractivity contribution in [2.45, 2.75) is 37.0 Å². The quantitative estimate of drug-likeness (QED) is 0.729. The second-order valence-corrected chi connectivity index (χ2v) is 6.06. The smallest absolute Gasteiger partial charge is 0.161 e. The highest BCUT2D eigenvalue weighted by Crippen LogP contribution is 2.51. The average molecular weight is 265 g/mol. The maximum Gasteiger partial charge on any atom is 0.161 e. The molecule has 1 saturated carbocycles. The largest absolute Gasteiger partial charge is 0.497 e. The first-order chi connectivity index (χ1) is 8.57. The average Bonchev–Trinajstić information content (AvgIpc) is 2.62. The summed E-state index contributed by atoms with van der Waals surface area (Å²) in [6.45, 7) is 2.06. The van der Waals surface area contributed by atoms with Crippen LogP contribution in [-0.4, -0.2) is 18.3 Å². The maximum absolute atomic E-state index is 12.4. The van der Waals surface area contributed by atoms with Gasteiger partial charge in [-0.1, -0.05) is 6.07 Å². The van der Waals surface area contributed by atoms with Crippen molar-refractivity contribution in [1.29, 1.82) is 0 Å². The molecule has 0 heterocycles. The van der Waals surface area contributed by atoms with Gasteiger partial charge in [0.05, 0.1) is 17.9 Å². The van der Waals surface area contributed by atoms with Crippen LogP contribution in [0.2, 0.25) is 0 Å². The lowest BCUT2D eigenvalue weighted by Crippen LogP contribution is -2.39. The van der Waals surface area contributed by atoms with Gasteiger partial charge in [0.15, 0.2) is 5.78 Å². The van der Waals surface area contributed by atoms with Crippen LogP contribution in [0.1, 0.15) is 30.9 Å². The van der Waals surface area contributed by atoms with E-state index in [1.807, 2.05) is 12.1 Å². The topological polar surface area (TPSA) is 26.3 Å². The fourth-order valence-corrected chi connectivity index (χ4v) is 4.06. The van der Waals surface area contributed by atoms with Gasteiger partial charge in [-0.25, -0.2) is 0 Å². The zero-order valence-corrected chi connectivity index (χ0v) is 11.5. The van der Waals surface area contributed by atoms with Gasteiger partial charge in [0.2, 0.25) is 0 Å². The van der Waals surface area contributed by atoms with Crippen LogP contribution in [0.5, 0.6) is 5.75 Å². The number of rotatable bonds is 1. The number of Topliss-reactive ketones (excluding diaryl/α,β-unsaturated/α-hetero) is 1. The van der Waals surface area contributed by atoms with E-state index in [9.17, 15) is 4.79 Å². The minimum atomic E-state index is -0.383. The Morgan fingerprint density at radius 2 is 2.22 bits per heavy atom. The molecule has 0 radical (unpaired) electrons. The Morgan fingerprint density at radius 1 is 1.44 bits per heavy atom. The molecule has 1 fully saturated rings. The molecule has 0 spiro atoms. The number of ether oxygens (including phenoxy) is 1. The molecule has 0 aliphatic heterocycles. The number of hydrogen-bond acceptors (Lipinski definition) is 2. The number of alkyl halides is 1. The summed E-state index contributed by atoms with van der Waals surface area (Å²) in [6, 6.07) is 6.06. The summed E-state index contributed by atoms with van der Waals surface area (Å²) >= 11 is 6.18. The van der Waals surface area contributed by atoms with Crippen LogP contribution in [-0.2, 0) is 16.6 Å². The van der Waals surface area contributed by atoms with Gasteiger partial charge in [0.25, 0.3) is 0 Å². The Morgan fingerprint density at radius 3 is 2.94 bits per heavy atom. The molecule has 0 saturated heterocycles. The highest BCUT2D eigenvalue weighted by atomic mass is 35.5. The van der Waals surface area contributed by atoms with Crippen molar-refractivity contribution in [3.63, 3.8) is 0 Å². The van der Waals surface area contributed by atoms with E-state index in [-0.39, 0.29) is 16.6 Å². The van der Waals surface area contributed by atoms with Crippen LogP contribution in [0.25, 0.3) is 0 Å². The molecule has 0 bridgehead atoms. The Balaban J connectivity index is 2.13. The third-order valence-corrected chi connectivity index (χ3v) is 5.11. The first kappa shape index (κ1) is 12.0. The molecular weight excluding hydrogens is 248 g/mol. The lowest BCUT2D eigenvalue weighted by atomic mass is 9.66. The molecule has 1 aromatic carbocycles. The molecule has 18 heavy (non-hydrogen) atoms. The monoisotopic (exact) mass is 264 g/mol. The molecule has 3 heteroatoms. The van der Waals surface area contributed by atoms with Gasteiger partial charge in [-0.15, -0.1) is 11.6 Å². The fourth-order valence-electron chi connectivity index (χ4n) is 3.62. The van der Waals surface area contributed by atoms with Crippen LogP contribution in [0.3, 0.4) is 0 Å². The van der Waals surface area contributed by atoms with Crippen molar-refractivity contribution in [1.82, 2.24) is 0 Å². The zero-order chi connectivity index (χ0) is 12.9. The lowest BCUT2D eigenvalue weighted by Gasteiger charge is -2.36. The summed E-state index contributed by atoms with van der Waals surface area (Å²) in [7, 11) is 1.67. The first-order valence-electron chi connectivity index (χ1n) is 6.43. The van der Waals surface area contributed by atoms with Gasteiger partial charge >= 0.3 is 0 Å². The minimum Gasteiger partial charge on any atom is -0.497 e. The minimum absolute atomic E-state index is 0.195. The van der Waals surface area contributed by atoms with Gasteiger partial charge in [-0.05, 0) is 55.4 Å². The predicted molar refractivity (Wildman–Crippen MR) is 71.4 cm³/mol. The summed E-state index contributed by atoms with van der Waals surface area (Å²) in [4.78, 5) is 12.4. The number of carbonyl (C=O) groups is 1. The van der Waals surface area contributed by atoms with Gasteiger partial charge < -0.3 is 4.74 Å². The molecule has 2 nitrogen and oxygen atoms in total. The Kier molecular flexibility index (Phi) is 2.67. The van der Waals surface area contributed by atoms with E-state index in [4.69, 9.17) is 16.3 Å². The van der Waals surface area contributed by atoms with Crippen molar-refractivity contribution in [3.8, 4) is 5.75 Å². The molecule has 0 amide bonds. The van der Waals surface area contributed by atoms with Gasteiger partial charge in [-0.2, -0.15) is 0 Å². The number of halogens is 1. The Labute approximate surface area is 112 Å². The summed E-state index contributed by atoms with van der Waals surface area (Å²) in [5, 5.41) is -0.312. The van der Waals surface area contributed by atoms with E-state index in [0.717, 1.165) is 30.6 Å². The molecule has 3 atom stereocenters. The van der Waals surface area contributed by atoms with Crippen LogP contribution >= 0.6 is 11.6 Å². The SMILES string of the molecule is COc1ccc2c(c1)CCC1C[C@@H](Cl)C(=O)[C@@]21C. The standard InChI is InChI=1S/C15H17ClO2/c1-15-10(8-13(16)14(15)17)4-3-9-7-11(18-2)5-6-12(9)15/h5-7,10,13H,3-4,8H2,1-2H3/t10?,13-,15-/m1/s1. The molecule has 1 aromatic rings. The van der Waals surface area contributed by atoms with Crippen molar-refractivity contribution >= 4 is 17.4 Å². The van der Waals surface area contributed by atoms with Crippen LogP contribution in [0.15, 0.2) is 18.2 Å². The second-order valence-electron chi connectivity index (χ2n) is 5.53. The number of methoxy groups -OCH3 is 1. The van der Waals surface area contributed by atoms with E-state index in [1.54, 1.807) is 7.11 Å². The predicted octanol–water partition coefficient (Wildman–Crippen LogP) is 3.10. The van der Waals surface area contributed by atoms with Gasteiger partial charge in [0.1, 0.15) is 5.75 Å². The van der Waals surface area contributed by atoms with Gasteiger partial charge in [0, 0.05) is 0 Å². The molecule has 0 aromatic heterocycles. The number of benzene rings is 1. The third kappa shape index (κ3) is 1.45. The molecule has 0 N–H and O–H groups in total. The molecule has 1 unspecified atom stereocenters. The molecule has 3 rings (SSSR count). The van der Waals surface area contributed by atoms with Crippen LogP contribution in [0, 0.1) is 5.92 Å². The normalized spacial score (nSPS) is 34.1. The third-order valence-electron chi connectivity index (χ3n) is 4.74. The number of fused-ring (bicyclic) bond motifs is 3. The fraction of sp³-hybridized carbons (Fsp3) is 0.533. The molecular formula is C15H17ClO2. The Bertz CT molecular complexity index is 511. The maximum atomic E-state index is 12.4. The molecule has 2 aliphatic rings. The zero-order valence-electron chi connectivity index (χ0n) is 10.7. The lowest BCUT2D eigenvalue weighted by molar-refractivity contribution is -0.122. The van der Waals surface area contributed by atoms with Crippen molar-refractivity contribution in [3.05, 3.63) is 29.3 Å². The van der Waals surface area contributed by atoms with Crippen molar-refractivity contribution in [2.24, 2.45) is 5.92 Å². The summed E-state index contributed by atoms with van der Waals surface area (Å²) in [5.74, 6) is 1.46. The summed E-state index contributed by atoms with van der Waals surface area (Å²) in [6.07, 6.45) is 2.89. The van der Waals surface area contributed by atoms with E-state index in [1.165, 1.54) is 5.56 Å². The Hall–Kier alpha value is -1.02. The van der Waals surface area contributed by atoms with Crippen LogP contribution < -0.4 is 4.74 Å². The highest BCUT2D eigenvalue weighted by molar-refractivity contribution is 6.33. The number of aryl methyl sites for hydroxylation is 1. The van der Waals surface area contributed by atoms with E-state index >= 15 is 0 Å². The highest BCUT2D eigenvalue weighted by Gasteiger charge is 2.53. The number of hydrogen-bond donors (Lipinski definition) is 0. The van der Waals surface area contributed by atoms with E-state index in [0.29, 0.717) is 5.92 Å². The second kappa shape index (κ2) is 3.99. The summed E-state index contributed by atoms with van der Waals surface area (Å²) < 4.78 is 5.26. The van der Waals surface area contributed by atoms with E-state index in [2.05, 4.69) is 13.0 Å². The first-order valence-corrected chi connectivity index (χ1v) is 6.86. The van der Waals surface area contributed by atoms with Crippen molar-refractivity contribution < 1.29 is 9.53 Å². The molecule has 2 aliphatic carbocycles. The van der Waals surface area contributed by atoms with Gasteiger partial charge in [-0.3, -0.25) is 4.79 Å².